The van der Waals surface area contributed by atoms with Gasteiger partial charge in [0.1, 0.15) is 0 Å². The Morgan fingerprint density at radius 3 is 2.32 bits per heavy atom. The number of benzene rings is 2. The molecule has 0 radical (unpaired) electrons. The fourth-order valence-electron chi connectivity index (χ4n) is 3.76. The summed E-state index contributed by atoms with van der Waals surface area (Å²) in [5.41, 5.74) is 2.80. The monoisotopic (exact) mass is 438 g/mol. The predicted octanol–water partition coefficient (Wildman–Crippen LogP) is 4.00. The summed E-state index contributed by atoms with van der Waals surface area (Å²) in [5.74, 6) is -0.298. The van der Waals surface area contributed by atoms with Crippen molar-refractivity contribution in [2.45, 2.75) is 37.5 Å². The molecule has 162 valence electrons. The molecule has 31 heavy (non-hydrogen) atoms. The van der Waals surface area contributed by atoms with Gasteiger partial charge in [0.2, 0.25) is 10.0 Å². The van der Waals surface area contributed by atoms with Crippen molar-refractivity contribution in [1.82, 2.24) is 14.1 Å². The predicted molar refractivity (Wildman–Crippen MR) is 120 cm³/mol. The first-order valence-electron chi connectivity index (χ1n) is 10.5. The molecular weight excluding hydrogens is 412 g/mol. The van der Waals surface area contributed by atoms with Crippen LogP contribution in [-0.4, -0.2) is 41.5 Å². The van der Waals surface area contributed by atoms with E-state index in [-0.39, 0.29) is 10.8 Å². The van der Waals surface area contributed by atoms with E-state index in [0.717, 1.165) is 37.1 Å². The molecule has 0 atom stereocenters. The second-order valence-electron chi connectivity index (χ2n) is 7.73. The van der Waals surface area contributed by atoms with Crippen molar-refractivity contribution in [3.63, 3.8) is 0 Å². The van der Waals surface area contributed by atoms with E-state index in [1.54, 1.807) is 45.5 Å². The minimum absolute atomic E-state index is 0.205. The zero-order chi connectivity index (χ0) is 21.8. The van der Waals surface area contributed by atoms with E-state index in [1.165, 1.54) is 6.07 Å². The molecule has 1 aliphatic rings. The molecule has 0 bridgehead atoms. The maximum Gasteiger partial charge on any atom is 0.255 e. The first-order chi connectivity index (χ1) is 14.9. The summed E-state index contributed by atoms with van der Waals surface area (Å²) in [7, 11) is -3.57. The van der Waals surface area contributed by atoms with Crippen LogP contribution in [0.2, 0.25) is 0 Å². The van der Waals surface area contributed by atoms with Gasteiger partial charge in [0.25, 0.3) is 5.91 Å². The number of aromatic nitrogens is 2. The number of nitrogens with one attached hydrogen (secondary N) is 1. The SMILES string of the molecule is Cc1ccnn1-c1ccc(C(=O)Nc2cccc(S(=O)(=O)N3CCCCCC3)c2)cc1. The zero-order valence-corrected chi connectivity index (χ0v) is 18.3. The number of anilines is 1. The van der Waals surface area contributed by atoms with E-state index in [2.05, 4.69) is 10.4 Å². The number of rotatable bonds is 5. The third kappa shape index (κ3) is 4.70. The third-order valence-electron chi connectivity index (χ3n) is 5.50. The molecule has 1 N–H and O–H groups in total. The molecule has 1 amide bonds. The van der Waals surface area contributed by atoms with Crippen molar-refractivity contribution < 1.29 is 13.2 Å². The lowest BCUT2D eigenvalue weighted by atomic mass is 10.2. The molecule has 1 saturated heterocycles. The molecule has 0 spiro atoms. The number of nitrogens with zero attached hydrogens (tertiary/aromatic N) is 3. The van der Waals surface area contributed by atoms with Crippen LogP contribution in [0, 0.1) is 6.92 Å². The summed E-state index contributed by atoms with van der Waals surface area (Å²) < 4.78 is 29.4. The number of amides is 1. The molecule has 0 aliphatic carbocycles. The highest BCUT2D eigenvalue weighted by atomic mass is 32.2. The molecule has 8 heteroatoms. The molecule has 2 heterocycles. The van der Waals surface area contributed by atoms with Crippen molar-refractivity contribution in [3.05, 3.63) is 72.1 Å². The van der Waals surface area contributed by atoms with Gasteiger partial charge in [-0.15, -0.1) is 0 Å². The Hall–Kier alpha value is -2.97. The number of carbonyl (C=O) groups is 1. The molecule has 0 unspecified atom stereocenters. The standard InChI is InChI=1S/C23H26N4O3S/c1-18-13-14-24-27(18)21-11-9-19(10-12-21)23(28)25-20-7-6-8-22(17-20)31(29,30)26-15-4-2-3-5-16-26/h6-14,17H,2-5,15-16H2,1H3,(H,25,28). The lowest BCUT2D eigenvalue weighted by Gasteiger charge is -2.20. The van der Waals surface area contributed by atoms with Crippen molar-refractivity contribution in [1.29, 1.82) is 0 Å². The van der Waals surface area contributed by atoms with Crippen LogP contribution in [0.25, 0.3) is 5.69 Å². The van der Waals surface area contributed by atoms with E-state index in [1.807, 2.05) is 25.1 Å². The Morgan fingerprint density at radius 1 is 0.968 bits per heavy atom. The highest BCUT2D eigenvalue weighted by Gasteiger charge is 2.25. The van der Waals surface area contributed by atoms with Gasteiger partial charge in [0, 0.05) is 36.2 Å². The van der Waals surface area contributed by atoms with Crippen LogP contribution in [0.5, 0.6) is 0 Å². The summed E-state index contributed by atoms with van der Waals surface area (Å²) in [6.07, 6.45) is 5.60. The van der Waals surface area contributed by atoms with Crippen LogP contribution in [0.1, 0.15) is 41.7 Å². The minimum atomic E-state index is -3.57. The van der Waals surface area contributed by atoms with Gasteiger partial charge in [-0.1, -0.05) is 18.9 Å². The average molecular weight is 439 g/mol. The topological polar surface area (TPSA) is 84.3 Å². The molecule has 4 rings (SSSR count). The summed E-state index contributed by atoms with van der Waals surface area (Å²) in [4.78, 5) is 12.9. The Labute approximate surface area is 182 Å². The van der Waals surface area contributed by atoms with Crippen LogP contribution in [0.4, 0.5) is 5.69 Å². The number of hydrogen-bond acceptors (Lipinski definition) is 4. The van der Waals surface area contributed by atoms with Crippen LogP contribution < -0.4 is 5.32 Å². The highest BCUT2D eigenvalue weighted by Crippen LogP contribution is 2.23. The summed E-state index contributed by atoms with van der Waals surface area (Å²) >= 11 is 0. The molecule has 0 saturated carbocycles. The average Bonchev–Trinajstić information content (AvgIpc) is 3.01. The first-order valence-corrected chi connectivity index (χ1v) is 11.9. The summed E-state index contributed by atoms with van der Waals surface area (Å²) in [5, 5.41) is 7.07. The van der Waals surface area contributed by atoms with Gasteiger partial charge in [-0.05, 0) is 68.3 Å². The zero-order valence-electron chi connectivity index (χ0n) is 17.5. The fourth-order valence-corrected chi connectivity index (χ4v) is 5.33. The van der Waals surface area contributed by atoms with Gasteiger partial charge >= 0.3 is 0 Å². The van der Waals surface area contributed by atoms with Gasteiger partial charge in [0.05, 0.1) is 10.6 Å². The maximum absolute atomic E-state index is 13.0. The van der Waals surface area contributed by atoms with Gasteiger partial charge in [-0.25, -0.2) is 13.1 Å². The number of carbonyl (C=O) groups excluding carboxylic acids is 1. The first kappa shape index (κ1) is 21.3. The molecule has 1 fully saturated rings. The Bertz CT molecular complexity index is 1160. The smallest absolute Gasteiger partial charge is 0.255 e. The van der Waals surface area contributed by atoms with E-state index in [4.69, 9.17) is 0 Å². The number of sulfonamides is 1. The fraction of sp³-hybridized carbons (Fsp3) is 0.304. The Kier molecular flexibility index (Phi) is 6.20. The molecular formula is C23H26N4O3S. The van der Waals surface area contributed by atoms with Crippen LogP contribution in [0.3, 0.4) is 0 Å². The van der Waals surface area contributed by atoms with E-state index in [0.29, 0.717) is 24.3 Å². The molecule has 1 aromatic heterocycles. The van der Waals surface area contributed by atoms with E-state index in [9.17, 15) is 13.2 Å². The van der Waals surface area contributed by atoms with Crippen molar-refractivity contribution in [2.24, 2.45) is 0 Å². The second kappa shape index (κ2) is 9.03. The maximum atomic E-state index is 13.0. The Morgan fingerprint density at radius 2 is 1.68 bits per heavy atom. The normalized spacial score (nSPS) is 15.4. The van der Waals surface area contributed by atoms with Crippen molar-refractivity contribution >= 4 is 21.6 Å². The molecule has 3 aromatic rings. The quantitative estimate of drug-likeness (QED) is 0.653. The van der Waals surface area contributed by atoms with E-state index >= 15 is 0 Å². The van der Waals surface area contributed by atoms with E-state index < -0.39 is 10.0 Å². The van der Waals surface area contributed by atoms with Gasteiger partial charge in [-0.2, -0.15) is 9.40 Å². The summed E-state index contributed by atoms with van der Waals surface area (Å²) in [6, 6.07) is 15.5. The minimum Gasteiger partial charge on any atom is -0.322 e. The molecule has 7 nitrogen and oxygen atoms in total. The van der Waals surface area contributed by atoms with Gasteiger partial charge < -0.3 is 5.32 Å². The molecule has 1 aliphatic heterocycles. The van der Waals surface area contributed by atoms with Gasteiger partial charge in [0.15, 0.2) is 0 Å². The van der Waals surface area contributed by atoms with Crippen molar-refractivity contribution in [3.8, 4) is 5.69 Å². The summed E-state index contributed by atoms with van der Waals surface area (Å²) in [6.45, 7) is 3.04. The second-order valence-corrected chi connectivity index (χ2v) is 9.67. The van der Waals surface area contributed by atoms with Crippen LogP contribution in [0.15, 0.2) is 65.7 Å². The van der Waals surface area contributed by atoms with Crippen LogP contribution in [-0.2, 0) is 10.0 Å². The lowest BCUT2D eigenvalue weighted by Crippen LogP contribution is -2.32. The van der Waals surface area contributed by atoms with Crippen molar-refractivity contribution in [2.75, 3.05) is 18.4 Å². The van der Waals surface area contributed by atoms with Gasteiger partial charge in [-0.3, -0.25) is 4.79 Å². The molecule has 2 aromatic carbocycles. The number of aryl methyl sites for hydroxylation is 1. The highest BCUT2D eigenvalue weighted by molar-refractivity contribution is 7.89. The largest absolute Gasteiger partial charge is 0.322 e. The van der Waals surface area contributed by atoms with Crippen LogP contribution >= 0.6 is 0 Å². The lowest BCUT2D eigenvalue weighted by molar-refractivity contribution is 0.102. The number of hydrogen-bond donors (Lipinski definition) is 1. The third-order valence-corrected chi connectivity index (χ3v) is 7.40. The Balaban J connectivity index is 1.49.